The van der Waals surface area contributed by atoms with Gasteiger partial charge in [0.2, 0.25) is 0 Å². The van der Waals surface area contributed by atoms with Gasteiger partial charge in [0.05, 0.1) is 0 Å². The third-order valence-corrected chi connectivity index (χ3v) is 10.3. The van der Waals surface area contributed by atoms with Crippen molar-refractivity contribution in [3.63, 3.8) is 0 Å². The second kappa shape index (κ2) is 40.6. The van der Waals surface area contributed by atoms with Gasteiger partial charge in [-0.25, -0.2) is 0 Å². The van der Waals surface area contributed by atoms with Crippen molar-refractivity contribution in [1.82, 2.24) is 0 Å². The van der Waals surface area contributed by atoms with Crippen LogP contribution in [0.1, 0.15) is 252 Å². The minimum atomic E-state index is -0.758. The van der Waals surface area contributed by atoms with Gasteiger partial charge in [0.25, 0.3) is 0 Å². The Morgan fingerprint density at radius 1 is 0.365 bits per heavy atom. The van der Waals surface area contributed by atoms with Gasteiger partial charge >= 0.3 is 17.9 Å². The normalized spacial score (nSPS) is 11.9. The van der Waals surface area contributed by atoms with E-state index in [9.17, 15) is 14.4 Å². The van der Waals surface area contributed by atoms with Crippen LogP contribution in [0.15, 0.2) is 0 Å². The third kappa shape index (κ3) is 39.6. The highest BCUT2D eigenvalue weighted by molar-refractivity contribution is 5.71. The number of carbonyl (C=O) groups is 3. The molecule has 0 fully saturated rings. The number of hydrogen-bond acceptors (Lipinski definition) is 6. The van der Waals surface area contributed by atoms with Gasteiger partial charge in [0, 0.05) is 19.3 Å². The zero-order chi connectivity index (χ0) is 38.2. The molecule has 308 valence electrons. The number of hydrogen-bond donors (Lipinski definition) is 0. The molecule has 1 atom stereocenters. The predicted molar refractivity (Wildman–Crippen MR) is 220 cm³/mol. The fourth-order valence-electron chi connectivity index (χ4n) is 6.80. The van der Waals surface area contributed by atoms with Crippen LogP contribution in [-0.2, 0) is 28.6 Å². The first-order valence-electron chi connectivity index (χ1n) is 22.9. The quantitative estimate of drug-likeness (QED) is 0.0353. The maximum atomic E-state index is 12.6. The minimum absolute atomic E-state index is 0.0643. The second-order valence-corrected chi connectivity index (χ2v) is 16.2. The standard InChI is InChI=1S/C46H88O6/c1-5-7-9-11-13-15-16-17-18-19-20-22-25-29-33-37-44(47)50-40-43(52-46(49)39-35-31-26-21-14-12-10-8-6-2)41-51-45(48)38-34-30-27-23-24-28-32-36-42(3)4/h42-43H,5-41H2,1-4H3/t43-/m0/s1. The molecule has 0 aliphatic carbocycles. The van der Waals surface area contributed by atoms with Gasteiger partial charge in [-0.15, -0.1) is 0 Å². The Labute approximate surface area is 323 Å². The zero-order valence-corrected chi connectivity index (χ0v) is 35.3. The van der Waals surface area contributed by atoms with Crippen LogP contribution >= 0.6 is 0 Å². The first-order chi connectivity index (χ1) is 25.4. The molecule has 6 nitrogen and oxygen atoms in total. The summed E-state index contributed by atoms with van der Waals surface area (Å²) in [6, 6.07) is 0. The molecule has 0 aliphatic heterocycles. The van der Waals surface area contributed by atoms with Crippen molar-refractivity contribution in [3.05, 3.63) is 0 Å². The molecule has 6 heteroatoms. The van der Waals surface area contributed by atoms with E-state index >= 15 is 0 Å². The summed E-state index contributed by atoms with van der Waals surface area (Å²) in [6.45, 7) is 8.93. The first-order valence-corrected chi connectivity index (χ1v) is 22.9. The lowest BCUT2D eigenvalue weighted by atomic mass is 10.0. The van der Waals surface area contributed by atoms with Crippen molar-refractivity contribution < 1.29 is 28.6 Å². The van der Waals surface area contributed by atoms with Gasteiger partial charge in [-0.1, -0.05) is 214 Å². The van der Waals surface area contributed by atoms with E-state index < -0.39 is 6.10 Å². The fraction of sp³-hybridized carbons (Fsp3) is 0.935. The van der Waals surface area contributed by atoms with Gasteiger partial charge in [0.1, 0.15) is 13.2 Å². The van der Waals surface area contributed by atoms with Crippen LogP contribution in [0.2, 0.25) is 0 Å². The molecule has 0 aromatic heterocycles. The van der Waals surface area contributed by atoms with Crippen molar-refractivity contribution in [1.29, 1.82) is 0 Å². The molecule has 0 saturated carbocycles. The molecule has 0 heterocycles. The summed E-state index contributed by atoms with van der Waals surface area (Å²) in [5.41, 5.74) is 0. The van der Waals surface area contributed by atoms with E-state index in [1.807, 2.05) is 0 Å². The Morgan fingerprint density at radius 3 is 0.942 bits per heavy atom. The summed E-state index contributed by atoms with van der Waals surface area (Å²) < 4.78 is 16.7. The summed E-state index contributed by atoms with van der Waals surface area (Å²) in [7, 11) is 0. The summed E-state index contributed by atoms with van der Waals surface area (Å²) in [4.78, 5) is 37.6. The maximum Gasteiger partial charge on any atom is 0.306 e. The highest BCUT2D eigenvalue weighted by Crippen LogP contribution is 2.16. The lowest BCUT2D eigenvalue weighted by molar-refractivity contribution is -0.167. The first kappa shape index (κ1) is 50.4. The number of rotatable bonds is 41. The molecule has 0 amide bonds. The van der Waals surface area contributed by atoms with Crippen LogP contribution in [0.5, 0.6) is 0 Å². The second-order valence-electron chi connectivity index (χ2n) is 16.2. The van der Waals surface area contributed by atoms with E-state index in [1.165, 1.54) is 148 Å². The van der Waals surface area contributed by atoms with Gasteiger partial charge in [0.15, 0.2) is 6.10 Å². The lowest BCUT2D eigenvalue weighted by Gasteiger charge is -2.18. The van der Waals surface area contributed by atoms with Crippen LogP contribution < -0.4 is 0 Å². The predicted octanol–water partition coefficient (Wildman–Crippen LogP) is 14.3. The van der Waals surface area contributed by atoms with Crippen molar-refractivity contribution in [2.45, 2.75) is 259 Å². The van der Waals surface area contributed by atoms with Gasteiger partial charge < -0.3 is 14.2 Å². The van der Waals surface area contributed by atoms with Crippen molar-refractivity contribution >= 4 is 17.9 Å². The molecule has 0 unspecified atom stereocenters. The molecule has 0 aromatic rings. The highest BCUT2D eigenvalue weighted by Gasteiger charge is 2.19. The Morgan fingerprint density at radius 2 is 0.635 bits per heavy atom. The Bertz CT molecular complexity index is 781. The summed E-state index contributed by atoms with van der Waals surface area (Å²) in [6.07, 6.45) is 39.5. The van der Waals surface area contributed by atoms with E-state index in [-0.39, 0.29) is 31.1 Å². The topological polar surface area (TPSA) is 78.9 Å². The monoisotopic (exact) mass is 737 g/mol. The molecule has 0 radical (unpaired) electrons. The fourth-order valence-corrected chi connectivity index (χ4v) is 6.80. The van der Waals surface area contributed by atoms with Gasteiger partial charge in [-0.05, 0) is 25.2 Å². The molecular weight excluding hydrogens is 648 g/mol. The highest BCUT2D eigenvalue weighted by atomic mass is 16.6. The lowest BCUT2D eigenvalue weighted by Crippen LogP contribution is -2.30. The summed E-state index contributed by atoms with van der Waals surface area (Å²) in [5.74, 6) is -0.0772. The largest absolute Gasteiger partial charge is 0.462 e. The van der Waals surface area contributed by atoms with Crippen LogP contribution in [0.25, 0.3) is 0 Å². The number of unbranched alkanes of at least 4 members (excludes halogenated alkanes) is 28. The van der Waals surface area contributed by atoms with E-state index in [4.69, 9.17) is 14.2 Å². The molecule has 52 heavy (non-hydrogen) atoms. The Hall–Kier alpha value is -1.59. The van der Waals surface area contributed by atoms with Crippen molar-refractivity contribution in [2.24, 2.45) is 5.92 Å². The summed E-state index contributed by atoms with van der Waals surface area (Å²) in [5, 5.41) is 0. The van der Waals surface area contributed by atoms with E-state index in [0.29, 0.717) is 19.3 Å². The molecule has 0 saturated heterocycles. The minimum Gasteiger partial charge on any atom is -0.462 e. The average molecular weight is 737 g/mol. The molecule has 0 rings (SSSR count). The number of carbonyl (C=O) groups excluding carboxylic acids is 3. The smallest absolute Gasteiger partial charge is 0.306 e. The Balaban J connectivity index is 4.27. The van der Waals surface area contributed by atoms with Crippen LogP contribution in [0.4, 0.5) is 0 Å². The maximum absolute atomic E-state index is 12.6. The number of ether oxygens (including phenoxy) is 3. The van der Waals surface area contributed by atoms with E-state index in [0.717, 1.165) is 63.7 Å². The molecule has 0 aromatic carbocycles. The Kier molecular flexibility index (Phi) is 39.4. The third-order valence-electron chi connectivity index (χ3n) is 10.3. The van der Waals surface area contributed by atoms with Crippen molar-refractivity contribution in [2.75, 3.05) is 13.2 Å². The van der Waals surface area contributed by atoms with Crippen molar-refractivity contribution in [3.8, 4) is 0 Å². The van der Waals surface area contributed by atoms with Gasteiger partial charge in [-0.3, -0.25) is 14.4 Å². The van der Waals surface area contributed by atoms with E-state index in [1.54, 1.807) is 0 Å². The van der Waals surface area contributed by atoms with E-state index in [2.05, 4.69) is 27.7 Å². The van der Waals surface area contributed by atoms with Crippen LogP contribution in [0.3, 0.4) is 0 Å². The molecular formula is C46H88O6. The molecule has 0 bridgehead atoms. The van der Waals surface area contributed by atoms with Crippen LogP contribution in [0, 0.1) is 5.92 Å². The number of esters is 3. The van der Waals surface area contributed by atoms with Crippen LogP contribution in [-0.4, -0.2) is 37.2 Å². The average Bonchev–Trinajstić information content (AvgIpc) is 3.12. The SMILES string of the molecule is CCCCCCCCCCCCCCCCCC(=O)OC[C@@H](COC(=O)CCCCCCCCCC(C)C)OC(=O)CCCCCCCCCCC. The molecule has 0 spiro atoms. The van der Waals surface area contributed by atoms with Gasteiger partial charge in [-0.2, -0.15) is 0 Å². The zero-order valence-electron chi connectivity index (χ0n) is 35.3. The molecule has 0 N–H and O–H groups in total. The molecule has 0 aliphatic rings. The summed E-state index contributed by atoms with van der Waals surface area (Å²) >= 11 is 0.